The second-order valence-electron chi connectivity index (χ2n) is 15.9. The van der Waals surface area contributed by atoms with E-state index in [1.165, 1.54) is 11.1 Å². The third-order valence-electron chi connectivity index (χ3n) is 12.0. The lowest BCUT2D eigenvalue weighted by atomic mass is 9.91. The van der Waals surface area contributed by atoms with Gasteiger partial charge in [-0.1, -0.05) is 170 Å². The van der Waals surface area contributed by atoms with Gasteiger partial charge in [0.25, 0.3) is 0 Å². The Morgan fingerprint density at radius 3 is 1.44 bits per heavy atom. The van der Waals surface area contributed by atoms with E-state index in [4.69, 9.17) is 19.9 Å². The van der Waals surface area contributed by atoms with Gasteiger partial charge in [0.05, 0.1) is 22.6 Å². The summed E-state index contributed by atoms with van der Waals surface area (Å²) in [6.07, 6.45) is 0. The molecule has 0 saturated carbocycles. The summed E-state index contributed by atoms with van der Waals surface area (Å²) in [6, 6.07) is 80.5. The molecule has 0 saturated heterocycles. The summed E-state index contributed by atoms with van der Waals surface area (Å²) in [4.78, 5) is 25.4. The predicted molar refractivity (Wildman–Crippen MR) is 263 cm³/mol. The van der Waals surface area contributed by atoms with E-state index in [9.17, 15) is 0 Å². The van der Waals surface area contributed by atoms with Crippen molar-refractivity contribution in [3.8, 4) is 56.3 Å². The van der Waals surface area contributed by atoms with E-state index in [0.29, 0.717) is 17.6 Å². The van der Waals surface area contributed by atoms with Crippen LogP contribution in [0.2, 0.25) is 0 Å². The van der Waals surface area contributed by atoms with Gasteiger partial charge in [0.15, 0.2) is 11.6 Å². The van der Waals surface area contributed by atoms with Gasteiger partial charge in [-0.3, -0.25) is 4.90 Å². The van der Waals surface area contributed by atoms with E-state index in [-0.39, 0.29) is 0 Å². The van der Waals surface area contributed by atoms with Crippen LogP contribution in [0.3, 0.4) is 0 Å². The Bertz CT molecular complexity index is 3410. The van der Waals surface area contributed by atoms with Crippen molar-refractivity contribution in [2.75, 3.05) is 9.80 Å². The molecule has 2 aromatic heterocycles. The molecule has 0 radical (unpaired) electrons. The van der Waals surface area contributed by atoms with Crippen LogP contribution >= 0.6 is 0 Å². The number of aromatic nitrogens is 4. The van der Waals surface area contributed by atoms with Crippen molar-refractivity contribution in [3.05, 3.63) is 231 Å². The van der Waals surface area contributed by atoms with Gasteiger partial charge in [-0.2, -0.15) is 9.97 Å². The second kappa shape index (κ2) is 15.6. The van der Waals surface area contributed by atoms with Gasteiger partial charge in [-0.25, -0.2) is 9.97 Å². The highest BCUT2D eigenvalue weighted by atomic mass is 15.3. The van der Waals surface area contributed by atoms with Crippen LogP contribution in [-0.4, -0.2) is 19.9 Å². The summed E-state index contributed by atoms with van der Waals surface area (Å²) in [5, 5.41) is 3.28. The highest BCUT2D eigenvalue weighted by Crippen LogP contribution is 2.52. The normalized spacial score (nSPS) is 11.7. The fourth-order valence-electron chi connectivity index (χ4n) is 8.97. The molecule has 0 bridgehead atoms. The fraction of sp³-hybridized carbons (Fsp3) is 0. The number of para-hydroxylation sites is 2. The minimum absolute atomic E-state index is 0.537. The summed E-state index contributed by atoms with van der Waals surface area (Å²) in [6.45, 7) is 0. The lowest BCUT2D eigenvalue weighted by Gasteiger charge is -2.32. The standard InChI is InChI=1S/C58H38N6/c1-5-16-39(17-6-1)40-28-33-46(34-29-40)63(45-22-11-4-12-23-45)47-35-30-41(31-36-47)44-32-37-52-50(38-44)55-54-49(48-24-13-14-26-51(48)59-55)25-15-27-53(54)64(52)58-61-56(42-18-7-2-8-19-42)60-57(62-58)43-20-9-3-10-21-43/h1-38H. The lowest BCUT2D eigenvalue weighted by molar-refractivity contribution is 1.02. The molecule has 11 aromatic rings. The zero-order valence-corrected chi connectivity index (χ0v) is 34.6. The summed E-state index contributed by atoms with van der Waals surface area (Å²) >= 11 is 0. The Hall–Kier alpha value is -8.74. The summed E-state index contributed by atoms with van der Waals surface area (Å²) in [7, 11) is 0. The average Bonchev–Trinajstić information content (AvgIpc) is 3.38. The smallest absolute Gasteiger partial charge is 0.238 e. The second-order valence-corrected chi connectivity index (χ2v) is 15.9. The number of pyridine rings is 1. The van der Waals surface area contributed by atoms with Crippen LogP contribution in [0.15, 0.2) is 231 Å². The predicted octanol–water partition coefficient (Wildman–Crippen LogP) is 15.2. The van der Waals surface area contributed by atoms with Crippen molar-refractivity contribution < 1.29 is 0 Å². The minimum atomic E-state index is 0.537. The fourth-order valence-corrected chi connectivity index (χ4v) is 8.97. The molecular formula is C58H38N6. The molecule has 0 spiro atoms. The van der Waals surface area contributed by atoms with Gasteiger partial charge in [-0.15, -0.1) is 0 Å². The molecule has 0 unspecified atom stereocenters. The summed E-state index contributed by atoms with van der Waals surface area (Å²) in [5.41, 5.74) is 14.4. The minimum Gasteiger partial charge on any atom is -0.311 e. The van der Waals surface area contributed by atoms with Crippen LogP contribution in [0.4, 0.5) is 34.4 Å². The van der Waals surface area contributed by atoms with E-state index in [2.05, 4.69) is 180 Å². The van der Waals surface area contributed by atoms with Crippen LogP contribution in [-0.2, 0) is 0 Å². The third-order valence-corrected chi connectivity index (χ3v) is 12.0. The molecule has 0 amide bonds. The lowest BCUT2D eigenvalue weighted by Crippen LogP contribution is -2.19. The van der Waals surface area contributed by atoms with E-state index >= 15 is 0 Å². The highest BCUT2D eigenvalue weighted by Gasteiger charge is 2.31. The van der Waals surface area contributed by atoms with Gasteiger partial charge < -0.3 is 4.90 Å². The van der Waals surface area contributed by atoms with Crippen molar-refractivity contribution in [2.45, 2.75) is 0 Å². The monoisotopic (exact) mass is 818 g/mol. The van der Waals surface area contributed by atoms with Crippen LogP contribution in [0, 0.1) is 0 Å². The molecule has 0 N–H and O–H groups in total. The number of anilines is 6. The zero-order valence-electron chi connectivity index (χ0n) is 34.6. The van der Waals surface area contributed by atoms with Gasteiger partial charge >= 0.3 is 0 Å². The molecule has 1 aliphatic rings. The molecular weight excluding hydrogens is 781 g/mol. The van der Waals surface area contributed by atoms with Crippen LogP contribution in [0.25, 0.3) is 78.0 Å². The number of benzene rings is 9. The Morgan fingerprint density at radius 2 is 0.812 bits per heavy atom. The maximum Gasteiger partial charge on any atom is 0.238 e. The van der Waals surface area contributed by atoms with E-state index in [1.807, 2.05) is 60.7 Å². The van der Waals surface area contributed by atoms with Gasteiger partial charge in [-0.05, 0) is 88.3 Å². The first kappa shape index (κ1) is 37.1. The van der Waals surface area contributed by atoms with Crippen molar-refractivity contribution >= 4 is 56.1 Å². The molecule has 0 fully saturated rings. The molecule has 64 heavy (non-hydrogen) atoms. The molecule has 0 atom stereocenters. The van der Waals surface area contributed by atoms with E-state index in [0.717, 1.165) is 83.6 Å². The maximum absolute atomic E-state index is 5.41. The molecule has 3 heterocycles. The van der Waals surface area contributed by atoms with Crippen molar-refractivity contribution in [1.82, 2.24) is 19.9 Å². The number of hydrogen-bond donors (Lipinski definition) is 0. The number of hydrogen-bond acceptors (Lipinski definition) is 6. The van der Waals surface area contributed by atoms with Gasteiger partial charge in [0.1, 0.15) is 0 Å². The topological polar surface area (TPSA) is 58.0 Å². The molecule has 6 heteroatoms. The van der Waals surface area contributed by atoms with Gasteiger partial charge in [0, 0.05) is 44.5 Å². The Labute approximate surface area is 371 Å². The van der Waals surface area contributed by atoms with Crippen LogP contribution < -0.4 is 9.80 Å². The maximum atomic E-state index is 5.41. The molecule has 300 valence electrons. The van der Waals surface area contributed by atoms with Crippen LogP contribution in [0.5, 0.6) is 0 Å². The summed E-state index contributed by atoms with van der Waals surface area (Å²) < 4.78 is 0. The van der Waals surface area contributed by atoms with Gasteiger partial charge in [0.2, 0.25) is 5.95 Å². The van der Waals surface area contributed by atoms with Crippen molar-refractivity contribution in [1.29, 1.82) is 0 Å². The molecule has 9 aromatic carbocycles. The van der Waals surface area contributed by atoms with E-state index < -0.39 is 0 Å². The molecule has 6 nitrogen and oxygen atoms in total. The zero-order chi connectivity index (χ0) is 42.4. The summed E-state index contributed by atoms with van der Waals surface area (Å²) in [5.74, 6) is 1.75. The first-order valence-electron chi connectivity index (χ1n) is 21.5. The molecule has 1 aliphatic heterocycles. The Balaban J connectivity index is 1.00. The van der Waals surface area contributed by atoms with Crippen molar-refractivity contribution in [3.63, 3.8) is 0 Å². The number of fused-ring (bicyclic) bond motifs is 4. The Morgan fingerprint density at radius 1 is 0.328 bits per heavy atom. The number of nitrogens with zero attached hydrogens (tertiary/aromatic N) is 6. The largest absolute Gasteiger partial charge is 0.311 e. The third kappa shape index (κ3) is 6.53. The SMILES string of the molecule is c1ccc(-c2ccc(N(c3ccccc3)c3ccc(-c4ccc5c(c4)-c4nc6ccccc6c6cccc(c46)N5c4nc(-c5ccccc5)nc(-c5ccccc5)n4)cc3)cc2)cc1. The number of rotatable bonds is 8. The first-order valence-corrected chi connectivity index (χ1v) is 21.5. The highest BCUT2D eigenvalue weighted by molar-refractivity contribution is 6.20. The quantitative estimate of drug-likeness (QED) is 0.142. The average molecular weight is 819 g/mol. The molecule has 0 aliphatic carbocycles. The van der Waals surface area contributed by atoms with Crippen molar-refractivity contribution in [2.24, 2.45) is 0 Å². The Kier molecular flexibility index (Phi) is 9.05. The van der Waals surface area contributed by atoms with Crippen LogP contribution in [0.1, 0.15) is 0 Å². The first-order chi connectivity index (χ1) is 31.7. The van der Waals surface area contributed by atoms with E-state index in [1.54, 1.807) is 0 Å². The molecule has 12 rings (SSSR count).